The number of rotatable bonds is 4. The van der Waals surface area contributed by atoms with E-state index >= 15 is 0 Å². The average Bonchev–Trinajstić information content (AvgIpc) is 3.80. The van der Waals surface area contributed by atoms with Crippen molar-refractivity contribution in [3.8, 4) is 11.5 Å². The van der Waals surface area contributed by atoms with Gasteiger partial charge in [0.05, 0.1) is 23.0 Å². The molecule has 0 saturated heterocycles. The SMILES string of the molecule is O=C1c2cccc(OC(=O)C3[C@H]4CCCC[C@H]34)c2C(=O)c2c(OC(=O)C3[C@H]4CCCC[C@H]34)cccc21. The van der Waals surface area contributed by atoms with Crippen molar-refractivity contribution in [2.75, 3.05) is 0 Å². The lowest BCUT2D eigenvalue weighted by atomic mass is 9.83. The van der Waals surface area contributed by atoms with Crippen LogP contribution in [-0.4, -0.2) is 23.5 Å². The molecule has 5 aliphatic carbocycles. The van der Waals surface area contributed by atoms with E-state index in [1.54, 1.807) is 36.4 Å². The van der Waals surface area contributed by atoms with Gasteiger partial charge >= 0.3 is 11.9 Å². The van der Waals surface area contributed by atoms with Crippen molar-refractivity contribution in [1.82, 2.24) is 0 Å². The molecule has 4 atom stereocenters. The van der Waals surface area contributed by atoms with Gasteiger partial charge in [-0.2, -0.15) is 0 Å². The minimum atomic E-state index is -0.451. The fraction of sp³-hybridized carbons (Fsp3) is 0.467. The molecule has 0 amide bonds. The summed E-state index contributed by atoms with van der Waals surface area (Å²) in [7, 11) is 0. The lowest BCUT2D eigenvalue weighted by Crippen LogP contribution is -2.25. The first kappa shape index (κ1) is 22.0. The van der Waals surface area contributed by atoms with Gasteiger partial charge < -0.3 is 9.47 Å². The number of esters is 2. The Morgan fingerprint density at radius 1 is 0.583 bits per heavy atom. The molecule has 5 aliphatic rings. The molecule has 0 aliphatic heterocycles. The highest BCUT2D eigenvalue weighted by Gasteiger charge is 2.57. The molecule has 0 spiro atoms. The summed E-state index contributed by atoms with van der Waals surface area (Å²) in [5.41, 5.74) is 0.580. The highest BCUT2D eigenvalue weighted by molar-refractivity contribution is 6.30. The molecular formula is C30H28O6. The van der Waals surface area contributed by atoms with Crippen LogP contribution in [0.3, 0.4) is 0 Å². The first-order valence-corrected chi connectivity index (χ1v) is 13.3. The van der Waals surface area contributed by atoms with Crippen molar-refractivity contribution in [2.24, 2.45) is 35.5 Å². The number of ketones is 2. The molecule has 36 heavy (non-hydrogen) atoms. The zero-order valence-corrected chi connectivity index (χ0v) is 20.0. The second kappa shape index (κ2) is 8.12. The summed E-state index contributed by atoms with van der Waals surface area (Å²) in [6.07, 6.45) is 8.72. The Labute approximate surface area is 209 Å². The smallest absolute Gasteiger partial charge is 0.314 e. The van der Waals surface area contributed by atoms with E-state index in [0.29, 0.717) is 23.7 Å². The maximum Gasteiger partial charge on any atom is 0.314 e. The summed E-state index contributed by atoms with van der Waals surface area (Å²) < 4.78 is 11.6. The van der Waals surface area contributed by atoms with Gasteiger partial charge in [0.2, 0.25) is 5.78 Å². The van der Waals surface area contributed by atoms with Gasteiger partial charge in [-0.25, -0.2) is 0 Å². The second-order valence-electron chi connectivity index (χ2n) is 11.1. The first-order chi connectivity index (χ1) is 17.5. The highest BCUT2D eigenvalue weighted by atomic mass is 16.5. The molecule has 2 aromatic carbocycles. The molecule has 0 aromatic heterocycles. The Bertz CT molecular complexity index is 1200. The quantitative estimate of drug-likeness (QED) is 0.376. The van der Waals surface area contributed by atoms with Crippen LogP contribution in [0.25, 0.3) is 0 Å². The van der Waals surface area contributed by atoms with Crippen LogP contribution in [0.1, 0.15) is 83.2 Å². The van der Waals surface area contributed by atoms with Gasteiger partial charge in [0, 0.05) is 11.1 Å². The molecule has 2 aromatic rings. The number of ether oxygens (including phenoxy) is 2. The Balaban J connectivity index is 1.19. The topological polar surface area (TPSA) is 86.7 Å². The third-order valence-electron chi connectivity index (χ3n) is 9.27. The molecule has 6 nitrogen and oxygen atoms in total. The fourth-order valence-corrected chi connectivity index (χ4v) is 7.39. The normalized spacial score (nSPS) is 31.3. The third-order valence-corrected chi connectivity index (χ3v) is 9.27. The van der Waals surface area contributed by atoms with E-state index in [4.69, 9.17) is 9.47 Å². The lowest BCUT2D eigenvalue weighted by Gasteiger charge is -2.21. The van der Waals surface area contributed by atoms with Crippen LogP contribution < -0.4 is 9.47 Å². The molecule has 0 heterocycles. The minimum Gasteiger partial charge on any atom is -0.425 e. The van der Waals surface area contributed by atoms with E-state index in [-0.39, 0.29) is 63.3 Å². The van der Waals surface area contributed by atoms with Crippen LogP contribution in [0.5, 0.6) is 11.5 Å². The largest absolute Gasteiger partial charge is 0.425 e. The average molecular weight is 485 g/mol. The van der Waals surface area contributed by atoms with Gasteiger partial charge in [-0.05, 0) is 61.5 Å². The van der Waals surface area contributed by atoms with Crippen LogP contribution in [0.15, 0.2) is 36.4 Å². The highest BCUT2D eigenvalue weighted by Crippen LogP contribution is 2.57. The van der Waals surface area contributed by atoms with E-state index in [1.165, 1.54) is 0 Å². The summed E-state index contributed by atoms with van der Waals surface area (Å²) in [6, 6.07) is 9.58. The third kappa shape index (κ3) is 3.30. The Morgan fingerprint density at radius 2 is 0.972 bits per heavy atom. The van der Waals surface area contributed by atoms with Gasteiger partial charge in [0.25, 0.3) is 0 Å². The zero-order chi connectivity index (χ0) is 24.6. The standard InChI is InChI=1S/C30H28O6/c31-27-19-11-5-13-21(35-29(33)23-15-7-1-2-8-16(15)23)25(19)28(32)26-20(27)12-6-14-22(26)36-30(34)24-17-9-3-4-10-18(17)24/h5-6,11-18,23-24H,1-4,7-10H2/t15-,16-,17-,18-/m0/s1. The summed E-state index contributed by atoms with van der Waals surface area (Å²) in [5.74, 6) is 0.0587. The maximum atomic E-state index is 13.8. The molecule has 184 valence electrons. The van der Waals surface area contributed by atoms with Gasteiger partial charge in [0.1, 0.15) is 11.5 Å². The predicted molar refractivity (Wildman–Crippen MR) is 129 cm³/mol. The summed E-state index contributed by atoms with van der Waals surface area (Å²) in [4.78, 5) is 53.2. The van der Waals surface area contributed by atoms with Crippen LogP contribution in [0.2, 0.25) is 0 Å². The van der Waals surface area contributed by atoms with Crippen LogP contribution >= 0.6 is 0 Å². The maximum absolute atomic E-state index is 13.8. The van der Waals surface area contributed by atoms with Gasteiger partial charge in [-0.3, -0.25) is 19.2 Å². The lowest BCUT2D eigenvalue weighted by molar-refractivity contribution is -0.137. The Hall–Kier alpha value is -3.28. The van der Waals surface area contributed by atoms with Crippen LogP contribution in [0, 0.1) is 35.5 Å². The Morgan fingerprint density at radius 3 is 1.36 bits per heavy atom. The monoisotopic (exact) mass is 484 g/mol. The van der Waals surface area contributed by atoms with Crippen molar-refractivity contribution in [3.63, 3.8) is 0 Å². The van der Waals surface area contributed by atoms with Gasteiger partial charge in [0.15, 0.2) is 5.78 Å². The number of fused-ring (bicyclic) bond motifs is 4. The molecule has 0 radical (unpaired) electrons. The number of carbonyl (C=O) groups is 4. The fourth-order valence-electron chi connectivity index (χ4n) is 7.39. The van der Waals surface area contributed by atoms with Crippen molar-refractivity contribution in [1.29, 1.82) is 0 Å². The van der Waals surface area contributed by atoms with Gasteiger partial charge in [-0.15, -0.1) is 0 Å². The number of benzene rings is 2. The summed E-state index contributed by atoms with van der Waals surface area (Å²) >= 11 is 0. The van der Waals surface area contributed by atoms with Gasteiger partial charge in [-0.1, -0.05) is 49.9 Å². The van der Waals surface area contributed by atoms with E-state index in [2.05, 4.69) is 0 Å². The van der Waals surface area contributed by atoms with E-state index in [0.717, 1.165) is 51.4 Å². The second-order valence-corrected chi connectivity index (χ2v) is 11.1. The molecule has 4 saturated carbocycles. The summed E-state index contributed by atoms with van der Waals surface area (Å²) in [6.45, 7) is 0. The van der Waals surface area contributed by atoms with Crippen molar-refractivity contribution >= 4 is 23.5 Å². The molecule has 0 bridgehead atoms. The van der Waals surface area contributed by atoms with E-state index in [1.807, 2.05) is 0 Å². The first-order valence-electron chi connectivity index (χ1n) is 13.3. The molecule has 6 heteroatoms. The summed E-state index contributed by atoms with van der Waals surface area (Å²) in [5, 5.41) is 0. The van der Waals surface area contributed by atoms with Crippen molar-refractivity contribution in [2.45, 2.75) is 51.4 Å². The number of hydrogen-bond acceptors (Lipinski definition) is 6. The van der Waals surface area contributed by atoms with Crippen LogP contribution in [-0.2, 0) is 9.59 Å². The molecule has 0 N–H and O–H groups in total. The minimum absolute atomic E-state index is 0.0792. The van der Waals surface area contributed by atoms with E-state index < -0.39 is 5.78 Å². The molecule has 0 unspecified atom stereocenters. The number of hydrogen-bond donors (Lipinski definition) is 0. The van der Waals surface area contributed by atoms with E-state index in [9.17, 15) is 19.2 Å². The van der Waals surface area contributed by atoms with Crippen molar-refractivity contribution in [3.05, 3.63) is 58.7 Å². The molecule has 4 fully saturated rings. The van der Waals surface area contributed by atoms with Crippen molar-refractivity contribution < 1.29 is 28.7 Å². The van der Waals surface area contributed by atoms with Crippen LogP contribution in [0.4, 0.5) is 0 Å². The molecule has 7 rings (SSSR count). The Kier molecular flexibility index (Phi) is 4.95. The zero-order valence-electron chi connectivity index (χ0n) is 20.0. The predicted octanol–water partition coefficient (Wildman–Crippen LogP) is 5.15. The molecular weight excluding hydrogens is 456 g/mol. The number of carbonyl (C=O) groups excluding carboxylic acids is 4.